The van der Waals surface area contributed by atoms with Crippen LogP contribution in [-0.4, -0.2) is 17.5 Å². The van der Waals surface area contributed by atoms with Crippen molar-refractivity contribution in [1.29, 1.82) is 5.41 Å². The molecule has 0 atom stereocenters. The lowest BCUT2D eigenvalue weighted by atomic mass is 10.1. The highest BCUT2D eigenvalue weighted by molar-refractivity contribution is 6.02. The quantitative estimate of drug-likeness (QED) is 0.473. The van der Waals surface area contributed by atoms with Crippen LogP contribution >= 0.6 is 0 Å². The van der Waals surface area contributed by atoms with E-state index in [-0.39, 0.29) is 5.96 Å². The Hall–Kier alpha value is -2.25. The molecule has 0 heterocycles. The maximum absolute atomic E-state index is 12.6. The molecule has 1 aromatic rings. The van der Waals surface area contributed by atoms with Crippen LogP contribution in [0.2, 0.25) is 0 Å². The average Bonchev–Trinajstić information content (AvgIpc) is 2.27. The van der Waals surface area contributed by atoms with Crippen molar-refractivity contribution in [3.05, 3.63) is 29.3 Å². The van der Waals surface area contributed by atoms with Crippen LogP contribution in [0.4, 0.5) is 23.7 Å². The number of rotatable bonds is 1. The number of amides is 2. The van der Waals surface area contributed by atoms with Crippen LogP contribution in [0, 0.1) is 12.3 Å². The topological polar surface area (TPSA) is 77.0 Å². The lowest BCUT2D eigenvalue weighted by Crippen LogP contribution is -2.49. The minimum atomic E-state index is -4.42. The number of carbonyl (C=O) groups excluding carboxylic acids is 1. The van der Waals surface area contributed by atoms with Gasteiger partial charge in [0.2, 0.25) is 5.96 Å². The number of carbonyl (C=O) groups is 1. The average molecular weight is 316 g/mol. The minimum Gasteiger partial charge on any atom is -0.333 e. The Morgan fingerprint density at radius 1 is 1.18 bits per heavy atom. The zero-order valence-corrected chi connectivity index (χ0v) is 12.8. The number of guanidine groups is 1. The fourth-order valence-corrected chi connectivity index (χ4v) is 1.63. The molecule has 0 fully saturated rings. The molecular formula is C14H19F3N4O. The van der Waals surface area contributed by atoms with Gasteiger partial charge < -0.3 is 10.6 Å². The molecule has 0 aliphatic heterocycles. The molecule has 8 heteroatoms. The second-order valence-electron chi connectivity index (χ2n) is 5.86. The molecule has 0 spiro atoms. The fraction of sp³-hybridized carbons (Fsp3) is 0.429. The Labute approximate surface area is 126 Å². The molecule has 1 rings (SSSR count). The second-order valence-corrected chi connectivity index (χ2v) is 5.86. The Balaban J connectivity index is 2.71. The van der Waals surface area contributed by atoms with Gasteiger partial charge in [0.15, 0.2) is 0 Å². The van der Waals surface area contributed by atoms with Gasteiger partial charge in [-0.05, 0) is 51.5 Å². The molecule has 0 saturated carbocycles. The number of anilines is 1. The lowest BCUT2D eigenvalue weighted by Gasteiger charge is -2.21. The molecule has 5 nitrogen and oxygen atoms in total. The van der Waals surface area contributed by atoms with E-state index in [0.717, 1.165) is 12.1 Å². The number of aryl methyl sites for hydroxylation is 1. The van der Waals surface area contributed by atoms with E-state index in [1.165, 1.54) is 13.0 Å². The van der Waals surface area contributed by atoms with Crippen LogP contribution in [0.25, 0.3) is 0 Å². The van der Waals surface area contributed by atoms with Crippen LogP contribution in [-0.2, 0) is 6.18 Å². The Morgan fingerprint density at radius 2 is 1.77 bits per heavy atom. The summed E-state index contributed by atoms with van der Waals surface area (Å²) in [7, 11) is 0. The van der Waals surface area contributed by atoms with Gasteiger partial charge in [0, 0.05) is 11.2 Å². The monoisotopic (exact) mass is 316 g/mol. The maximum atomic E-state index is 12.6. The Kier molecular flexibility index (Phi) is 5.05. The standard InChI is InChI=1S/C14H19F3N4O/c1-8-7-9(14(15,16)17)5-6-10(8)19-11(18)20-12(22)21-13(2,3)4/h5-7H,1-4H3,(H4,18,19,20,21,22). The minimum absolute atomic E-state index is 0.314. The number of urea groups is 1. The van der Waals surface area contributed by atoms with Gasteiger partial charge in [-0.1, -0.05) is 0 Å². The molecule has 4 N–H and O–H groups in total. The molecule has 22 heavy (non-hydrogen) atoms. The van der Waals surface area contributed by atoms with Crippen LogP contribution in [0.5, 0.6) is 0 Å². The normalized spacial score (nSPS) is 11.8. The van der Waals surface area contributed by atoms with Crippen molar-refractivity contribution in [3.63, 3.8) is 0 Å². The SMILES string of the molecule is Cc1cc(C(F)(F)F)ccc1NC(=N)NC(=O)NC(C)(C)C. The predicted molar refractivity (Wildman–Crippen MR) is 79.0 cm³/mol. The number of hydrogen-bond acceptors (Lipinski definition) is 2. The first-order valence-corrected chi connectivity index (χ1v) is 6.51. The molecule has 0 bridgehead atoms. The van der Waals surface area contributed by atoms with E-state index in [1.807, 2.05) is 0 Å². The van der Waals surface area contributed by atoms with E-state index >= 15 is 0 Å². The first-order chi connectivity index (χ1) is 9.88. The molecule has 0 unspecified atom stereocenters. The molecular weight excluding hydrogens is 297 g/mol. The van der Waals surface area contributed by atoms with Gasteiger partial charge in [-0.3, -0.25) is 10.7 Å². The van der Waals surface area contributed by atoms with Crippen molar-refractivity contribution in [2.75, 3.05) is 5.32 Å². The number of benzene rings is 1. The van der Waals surface area contributed by atoms with E-state index < -0.39 is 23.3 Å². The van der Waals surface area contributed by atoms with Gasteiger partial charge >= 0.3 is 12.2 Å². The highest BCUT2D eigenvalue weighted by atomic mass is 19.4. The number of halogens is 3. The molecule has 0 saturated heterocycles. The first kappa shape index (κ1) is 17.8. The van der Waals surface area contributed by atoms with Crippen molar-refractivity contribution in [3.8, 4) is 0 Å². The first-order valence-electron chi connectivity index (χ1n) is 6.51. The molecule has 1 aromatic carbocycles. The summed E-state index contributed by atoms with van der Waals surface area (Å²) < 4.78 is 37.7. The van der Waals surface area contributed by atoms with Gasteiger partial charge in [0.05, 0.1) is 5.56 Å². The Bertz CT molecular complexity index is 576. The molecule has 2 amide bonds. The van der Waals surface area contributed by atoms with E-state index in [4.69, 9.17) is 5.41 Å². The van der Waals surface area contributed by atoms with Crippen molar-refractivity contribution < 1.29 is 18.0 Å². The van der Waals surface area contributed by atoms with Crippen LogP contribution < -0.4 is 16.0 Å². The lowest BCUT2D eigenvalue weighted by molar-refractivity contribution is -0.137. The summed E-state index contributed by atoms with van der Waals surface area (Å²) in [5.41, 5.74) is -0.596. The third-order valence-corrected chi connectivity index (χ3v) is 2.54. The van der Waals surface area contributed by atoms with E-state index in [9.17, 15) is 18.0 Å². The van der Waals surface area contributed by atoms with Crippen LogP contribution in [0.15, 0.2) is 18.2 Å². The molecule has 122 valence electrons. The predicted octanol–water partition coefficient (Wildman–Crippen LogP) is 3.46. The highest BCUT2D eigenvalue weighted by Gasteiger charge is 2.30. The number of hydrogen-bond donors (Lipinski definition) is 4. The second kappa shape index (κ2) is 6.25. The zero-order chi connectivity index (χ0) is 17.1. The Morgan fingerprint density at radius 3 is 2.23 bits per heavy atom. The summed E-state index contributed by atoms with van der Waals surface area (Å²) in [4.78, 5) is 11.6. The molecule has 0 aliphatic rings. The third-order valence-electron chi connectivity index (χ3n) is 2.54. The largest absolute Gasteiger partial charge is 0.416 e. The number of alkyl halides is 3. The third kappa shape index (κ3) is 5.63. The van der Waals surface area contributed by atoms with Crippen LogP contribution in [0.3, 0.4) is 0 Å². The van der Waals surface area contributed by atoms with Gasteiger partial charge in [0.25, 0.3) is 0 Å². The fourth-order valence-electron chi connectivity index (χ4n) is 1.63. The number of nitrogens with one attached hydrogen (secondary N) is 4. The summed E-state index contributed by atoms with van der Waals surface area (Å²) in [6.07, 6.45) is -4.42. The van der Waals surface area contributed by atoms with Gasteiger partial charge in [-0.25, -0.2) is 4.79 Å². The van der Waals surface area contributed by atoms with E-state index in [2.05, 4.69) is 16.0 Å². The van der Waals surface area contributed by atoms with Crippen molar-refractivity contribution in [2.45, 2.75) is 39.4 Å². The van der Waals surface area contributed by atoms with Crippen molar-refractivity contribution in [1.82, 2.24) is 10.6 Å². The summed E-state index contributed by atoms with van der Waals surface area (Å²) >= 11 is 0. The molecule has 0 aromatic heterocycles. The summed E-state index contributed by atoms with van der Waals surface area (Å²) in [6.45, 7) is 6.83. The highest BCUT2D eigenvalue weighted by Crippen LogP contribution is 2.31. The maximum Gasteiger partial charge on any atom is 0.416 e. The molecule has 0 radical (unpaired) electrons. The molecule has 0 aliphatic carbocycles. The zero-order valence-electron chi connectivity index (χ0n) is 12.8. The van der Waals surface area contributed by atoms with E-state index in [0.29, 0.717) is 11.3 Å². The van der Waals surface area contributed by atoms with Crippen molar-refractivity contribution >= 4 is 17.7 Å². The van der Waals surface area contributed by atoms with Crippen LogP contribution in [0.1, 0.15) is 31.9 Å². The summed E-state index contributed by atoms with van der Waals surface area (Å²) in [5.74, 6) is -0.329. The van der Waals surface area contributed by atoms with Gasteiger partial charge in [-0.15, -0.1) is 0 Å². The van der Waals surface area contributed by atoms with Gasteiger partial charge in [-0.2, -0.15) is 13.2 Å². The van der Waals surface area contributed by atoms with Crippen molar-refractivity contribution in [2.24, 2.45) is 0 Å². The smallest absolute Gasteiger partial charge is 0.333 e. The van der Waals surface area contributed by atoms with Gasteiger partial charge in [0.1, 0.15) is 0 Å². The summed E-state index contributed by atoms with van der Waals surface area (Å²) in [6, 6.07) is 2.54. The van der Waals surface area contributed by atoms with E-state index in [1.54, 1.807) is 20.8 Å². The summed E-state index contributed by atoms with van der Waals surface area (Å²) in [5, 5.41) is 15.0.